The monoisotopic (exact) mass is 180 g/mol. The van der Waals surface area contributed by atoms with Crippen LogP contribution in [0.4, 0.5) is 8.78 Å². The lowest BCUT2D eigenvalue weighted by Gasteiger charge is -2.40. The maximum absolute atomic E-state index is 12.0. The van der Waals surface area contributed by atoms with E-state index in [9.17, 15) is 8.78 Å². The second kappa shape index (κ2) is 3.69. The Morgan fingerprint density at radius 1 is 1.17 bits per heavy atom. The number of ether oxygens (including phenoxy) is 1. The SMILES string of the molecule is CCC(C)(C)C(C)(C)OC(F)F. The summed E-state index contributed by atoms with van der Waals surface area (Å²) in [5.74, 6) is 0. The first-order valence-corrected chi connectivity index (χ1v) is 4.19. The summed E-state index contributed by atoms with van der Waals surface area (Å²) in [5, 5.41) is 0. The van der Waals surface area contributed by atoms with Crippen molar-refractivity contribution in [2.45, 2.75) is 53.3 Å². The number of hydrogen-bond acceptors (Lipinski definition) is 1. The zero-order valence-corrected chi connectivity index (χ0v) is 8.45. The Morgan fingerprint density at radius 3 is 1.83 bits per heavy atom. The molecule has 0 amide bonds. The van der Waals surface area contributed by atoms with E-state index in [1.807, 2.05) is 20.8 Å². The van der Waals surface area contributed by atoms with E-state index in [0.29, 0.717) is 0 Å². The highest BCUT2D eigenvalue weighted by Crippen LogP contribution is 2.37. The molecular weight excluding hydrogens is 162 g/mol. The van der Waals surface area contributed by atoms with Gasteiger partial charge in [-0.1, -0.05) is 20.8 Å². The van der Waals surface area contributed by atoms with E-state index in [-0.39, 0.29) is 5.41 Å². The molecule has 0 aromatic heterocycles. The molecule has 1 nitrogen and oxygen atoms in total. The van der Waals surface area contributed by atoms with Gasteiger partial charge in [-0.2, -0.15) is 8.78 Å². The van der Waals surface area contributed by atoms with E-state index in [1.165, 1.54) is 0 Å². The molecule has 0 spiro atoms. The first kappa shape index (κ1) is 11.8. The lowest BCUT2D eigenvalue weighted by atomic mass is 9.75. The first-order valence-electron chi connectivity index (χ1n) is 4.19. The zero-order chi connectivity index (χ0) is 9.99. The van der Waals surface area contributed by atoms with Crippen LogP contribution in [0.5, 0.6) is 0 Å². The predicted molar refractivity (Wildman–Crippen MR) is 45.2 cm³/mol. The molecule has 0 aliphatic carbocycles. The van der Waals surface area contributed by atoms with Crippen LogP contribution in [-0.4, -0.2) is 12.2 Å². The minimum absolute atomic E-state index is 0.233. The number of hydrogen-bond donors (Lipinski definition) is 0. The summed E-state index contributed by atoms with van der Waals surface area (Å²) in [5.41, 5.74) is -1.01. The van der Waals surface area contributed by atoms with Crippen molar-refractivity contribution in [2.75, 3.05) is 0 Å². The van der Waals surface area contributed by atoms with Crippen LogP contribution in [0, 0.1) is 5.41 Å². The van der Waals surface area contributed by atoms with Crippen LogP contribution in [0.15, 0.2) is 0 Å². The Hall–Kier alpha value is -0.180. The van der Waals surface area contributed by atoms with Crippen molar-refractivity contribution >= 4 is 0 Å². The Balaban J connectivity index is 4.37. The Morgan fingerprint density at radius 2 is 1.58 bits per heavy atom. The van der Waals surface area contributed by atoms with Crippen LogP contribution in [0.2, 0.25) is 0 Å². The Bertz CT molecular complexity index is 141. The molecule has 0 atom stereocenters. The van der Waals surface area contributed by atoms with Gasteiger partial charge >= 0.3 is 6.61 Å². The van der Waals surface area contributed by atoms with Crippen LogP contribution in [0.3, 0.4) is 0 Å². The van der Waals surface area contributed by atoms with Gasteiger partial charge < -0.3 is 4.74 Å². The van der Waals surface area contributed by atoms with Gasteiger partial charge in [0.2, 0.25) is 0 Å². The molecule has 0 aromatic carbocycles. The molecule has 3 heteroatoms. The van der Waals surface area contributed by atoms with E-state index < -0.39 is 12.2 Å². The van der Waals surface area contributed by atoms with Crippen LogP contribution in [-0.2, 0) is 4.74 Å². The minimum atomic E-state index is -2.69. The number of halogens is 2. The summed E-state index contributed by atoms with van der Waals surface area (Å²) >= 11 is 0. The molecule has 0 unspecified atom stereocenters. The van der Waals surface area contributed by atoms with Crippen LogP contribution >= 0.6 is 0 Å². The second-order valence-corrected chi connectivity index (χ2v) is 4.13. The fourth-order valence-electron chi connectivity index (χ4n) is 0.808. The van der Waals surface area contributed by atoms with Crippen molar-refractivity contribution < 1.29 is 13.5 Å². The summed E-state index contributed by atoms with van der Waals surface area (Å²) in [7, 11) is 0. The van der Waals surface area contributed by atoms with Crippen molar-refractivity contribution in [3.05, 3.63) is 0 Å². The standard InChI is InChI=1S/C9H18F2O/c1-6-8(2,3)9(4,5)12-7(10)11/h7H,6H2,1-5H3. The molecule has 0 rings (SSSR count). The largest absolute Gasteiger partial charge is 0.345 e. The van der Waals surface area contributed by atoms with Crippen molar-refractivity contribution in [1.29, 1.82) is 0 Å². The molecule has 0 saturated heterocycles. The molecule has 74 valence electrons. The van der Waals surface area contributed by atoms with Gasteiger partial charge in [0.25, 0.3) is 0 Å². The lowest BCUT2D eigenvalue weighted by Crippen LogP contribution is -2.42. The molecule has 0 saturated carbocycles. The molecule has 12 heavy (non-hydrogen) atoms. The van der Waals surface area contributed by atoms with E-state index in [4.69, 9.17) is 0 Å². The van der Waals surface area contributed by atoms with Crippen LogP contribution in [0.1, 0.15) is 41.0 Å². The van der Waals surface area contributed by atoms with Gasteiger partial charge in [-0.25, -0.2) is 0 Å². The molecule has 0 radical (unpaired) electrons. The smallest absolute Gasteiger partial charge is 0.316 e. The molecule has 0 aromatic rings. The zero-order valence-electron chi connectivity index (χ0n) is 8.45. The van der Waals surface area contributed by atoms with E-state index >= 15 is 0 Å². The van der Waals surface area contributed by atoms with Gasteiger partial charge in [0.05, 0.1) is 5.60 Å². The highest BCUT2D eigenvalue weighted by Gasteiger charge is 2.38. The van der Waals surface area contributed by atoms with Crippen LogP contribution < -0.4 is 0 Å². The normalized spacial score (nSPS) is 14.0. The molecule has 0 aliphatic heterocycles. The summed E-state index contributed by atoms with van der Waals surface area (Å²) in [6.45, 7) is 6.53. The van der Waals surface area contributed by atoms with Gasteiger partial charge in [0, 0.05) is 0 Å². The number of rotatable bonds is 4. The third-order valence-corrected chi connectivity index (χ3v) is 2.90. The summed E-state index contributed by atoms with van der Waals surface area (Å²) in [6, 6.07) is 0. The molecule has 0 fully saturated rings. The molecule has 0 bridgehead atoms. The van der Waals surface area contributed by atoms with Crippen molar-refractivity contribution in [3.63, 3.8) is 0 Å². The van der Waals surface area contributed by atoms with Crippen molar-refractivity contribution in [1.82, 2.24) is 0 Å². The van der Waals surface area contributed by atoms with Gasteiger partial charge in [0.15, 0.2) is 0 Å². The van der Waals surface area contributed by atoms with Gasteiger partial charge in [-0.3, -0.25) is 0 Å². The maximum Gasteiger partial charge on any atom is 0.345 e. The third-order valence-electron chi connectivity index (χ3n) is 2.90. The first-order chi connectivity index (χ1) is 5.23. The summed E-state index contributed by atoms with van der Waals surface area (Å²) < 4.78 is 28.5. The van der Waals surface area contributed by atoms with Crippen molar-refractivity contribution in [2.24, 2.45) is 5.41 Å². The fraction of sp³-hybridized carbons (Fsp3) is 1.00. The van der Waals surface area contributed by atoms with Gasteiger partial charge in [-0.05, 0) is 25.7 Å². The van der Waals surface area contributed by atoms with E-state index in [1.54, 1.807) is 13.8 Å². The second-order valence-electron chi connectivity index (χ2n) is 4.13. The van der Waals surface area contributed by atoms with Gasteiger partial charge in [0.1, 0.15) is 0 Å². The average Bonchev–Trinajstić information content (AvgIpc) is 1.84. The third kappa shape index (κ3) is 2.70. The summed E-state index contributed by atoms with van der Waals surface area (Å²) in [4.78, 5) is 0. The quantitative estimate of drug-likeness (QED) is 0.644. The minimum Gasteiger partial charge on any atom is -0.316 e. The topological polar surface area (TPSA) is 9.23 Å². The Kier molecular flexibility index (Phi) is 3.63. The predicted octanol–water partition coefficient (Wildman–Crippen LogP) is 3.44. The highest BCUT2D eigenvalue weighted by atomic mass is 19.3. The molecule has 0 heterocycles. The van der Waals surface area contributed by atoms with Crippen LogP contribution in [0.25, 0.3) is 0 Å². The summed E-state index contributed by atoms with van der Waals surface area (Å²) in [6.07, 6.45) is 0.812. The van der Waals surface area contributed by atoms with Crippen molar-refractivity contribution in [3.8, 4) is 0 Å². The maximum atomic E-state index is 12.0. The lowest BCUT2D eigenvalue weighted by molar-refractivity contribution is -0.230. The highest BCUT2D eigenvalue weighted by molar-refractivity contribution is 4.86. The fourth-order valence-corrected chi connectivity index (χ4v) is 0.808. The van der Waals surface area contributed by atoms with Gasteiger partial charge in [-0.15, -0.1) is 0 Å². The molecule has 0 aliphatic rings. The van der Waals surface area contributed by atoms with E-state index in [0.717, 1.165) is 6.42 Å². The Labute approximate surface area is 73.1 Å². The van der Waals surface area contributed by atoms with E-state index in [2.05, 4.69) is 4.74 Å². The average molecular weight is 180 g/mol. The molecular formula is C9H18F2O. The number of alkyl halides is 2. The molecule has 0 N–H and O–H groups in total.